The number of primary amides is 1. The second-order valence-corrected chi connectivity index (χ2v) is 9.91. The lowest BCUT2D eigenvalue weighted by atomic mass is 9.76. The number of rotatable bonds is 7. The van der Waals surface area contributed by atoms with E-state index in [1.807, 2.05) is 24.3 Å². The number of nitrogens with two attached hydrogens (primary N) is 1. The number of ether oxygens (including phenoxy) is 1. The van der Waals surface area contributed by atoms with Crippen LogP contribution in [0, 0.1) is 5.92 Å². The third-order valence-electron chi connectivity index (χ3n) is 7.29. The molecule has 4 aromatic carbocycles. The summed E-state index contributed by atoms with van der Waals surface area (Å²) in [6.45, 7) is 0. The van der Waals surface area contributed by atoms with Gasteiger partial charge in [-0.15, -0.1) is 0 Å². The van der Waals surface area contributed by atoms with Gasteiger partial charge in [-0.1, -0.05) is 84.4 Å². The van der Waals surface area contributed by atoms with Crippen LogP contribution in [0.15, 0.2) is 109 Å². The van der Waals surface area contributed by atoms with Crippen molar-refractivity contribution in [3.05, 3.63) is 136 Å². The van der Waals surface area contributed by atoms with E-state index < -0.39 is 29.8 Å². The lowest BCUT2D eigenvalue weighted by molar-refractivity contribution is -0.122. The summed E-state index contributed by atoms with van der Waals surface area (Å²) in [6, 6.07) is 29.9. The molecule has 0 aliphatic carbocycles. The molecule has 4 atom stereocenters. The fourth-order valence-corrected chi connectivity index (χ4v) is 5.68. The minimum Gasteiger partial charge on any atom is -0.497 e. The van der Waals surface area contributed by atoms with Crippen LogP contribution in [0.4, 0.5) is 0 Å². The van der Waals surface area contributed by atoms with Crippen LogP contribution in [0.5, 0.6) is 5.75 Å². The molecule has 1 saturated heterocycles. The Morgan fingerprint density at radius 1 is 0.744 bits per heavy atom. The van der Waals surface area contributed by atoms with Crippen LogP contribution in [0.1, 0.15) is 43.8 Å². The zero-order valence-electron chi connectivity index (χ0n) is 21.2. The van der Waals surface area contributed by atoms with Crippen LogP contribution < -0.4 is 10.5 Å². The van der Waals surface area contributed by atoms with Gasteiger partial charge in [0, 0.05) is 22.1 Å². The van der Waals surface area contributed by atoms with Crippen molar-refractivity contribution in [1.29, 1.82) is 0 Å². The third-order valence-corrected chi connectivity index (χ3v) is 7.54. The number of amides is 2. The summed E-state index contributed by atoms with van der Waals surface area (Å²) < 4.78 is 5.35. The van der Waals surface area contributed by atoms with Gasteiger partial charge in [0.2, 0.25) is 5.91 Å². The molecule has 6 nitrogen and oxygen atoms in total. The van der Waals surface area contributed by atoms with E-state index in [1.165, 1.54) is 4.90 Å². The summed E-state index contributed by atoms with van der Waals surface area (Å²) in [6.07, 6.45) is 0. The zero-order chi connectivity index (χ0) is 27.5. The van der Waals surface area contributed by atoms with E-state index >= 15 is 0 Å². The summed E-state index contributed by atoms with van der Waals surface area (Å²) in [5.41, 5.74) is 8.32. The van der Waals surface area contributed by atoms with Gasteiger partial charge in [-0.2, -0.15) is 0 Å². The number of benzene rings is 4. The van der Waals surface area contributed by atoms with Gasteiger partial charge in [0.15, 0.2) is 5.78 Å². The van der Waals surface area contributed by atoms with Crippen LogP contribution in [0.2, 0.25) is 5.02 Å². The van der Waals surface area contributed by atoms with Crippen molar-refractivity contribution in [2.75, 3.05) is 7.11 Å². The van der Waals surface area contributed by atoms with Crippen LogP contribution in [-0.4, -0.2) is 35.6 Å². The number of likely N-dealkylation sites (tertiary alicyclic amines) is 1. The van der Waals surface area contributed by atoms with Gasteiger partial charge in [-0.3, -0.25) is 14.4 Å². The Hall–Kier alpha value is -4.42. The Morgan fingerprint density at radius 2 is 1.28 bits per heavy atom. The minimum absolute atomic E-state index is 0.189. The summed E-state index contributed by atoms with van der Waals surface area (Å²) in [4.78, 5) is 43.2. The highest BCUT2D eigenvalue weighted by atomic mass is 35.5. The van der Waals surface area contributed by atoms with Gasteiger partial charge in [-0.05, 0) is 47.5 Å². The summed E-state index contributed by atoms with van der Waals surface area (Å²) >= 11 is 6.19. The fourth-order valence-electron chi connectivity index (χ4n) is 5.55. The van der Waals surface area contributed by atoms with Crippen LogP contribution in [0.3, 0.4) is 0 Å². The first-order valence-corrected chi connectivity index (χ1v) is 12.9. The first kappa shape index (κ1) is 26.2. The predicted octanol–water partition coefficient (Wildman–Crippen LogP) is 5.68. The molecule has 4 aromatic rings. The van der Waals surface area contributed by atoms with Crippen molar-refractivity contribution >= 4 is 29.2 Å². The van der Waals surface area contributed by atoms with Gasteiger partial charge in [0.05, 0.1) is 19.1 Å². The molecule has 1 heterocycles. The van der Waals surface area contributed by atoms with Crippen molar-refractivity contribution in [3.63, 3.8) is 0 Å². The van der Waals surface area contributed by atoms with E-state index in [0.29, 0.717) is 33.0 Å². The van der Waals surface area contributed by atoms with E-state index in [0.717, 1.165) is 0 Å². The van der Waals surface area contributed by atoms with Crippen molar-refractivity contribution in [1.82, 2.24) is 4.90 Å². The molecule has 2 N–H and O–H groups in total. The number of hydrogen-bond donors (Lipinski definition) is 1. The summed E-state index contributed by atoms with van der Waals surface area (Å²) in [7, 11) is 1.57. The number of carbonyl (C=O) groups is 3. The molecule has 5 rings (SSSR count). The first-order chi connectivity index (χ1) is 18.9. The van der Waals surface area contributed by atoms with E-state index in [9.17, 15) is 14.4 Å². The molecule has 0 bridgehead atoms. The second-order valence-electron chi connectivity index (χ2n) is 9.48. The van der Waals surface area contributed by atoms with E-state index in [-0.39, 0.29) is 11.7 Å². The SMILES string of the molecule is COc1ccc(C2C(C(=O)c3ccccc3)C(c3ccc(Cl)cc3)C(C(N)=O)N2C(=O)c2ccccc2)cc1. The molecule has 0 radical (unpaired) electrons. The molecule has 1 aliphatic heterocycles. The Kier molecular flexibility index (Phi) is 7.48. The smallest absolute Gasteiger partial charge is 0.255 e. The summed E-state index contributed by atoms with van der Waals surface area (Å²) in [5, 5.41) is 0.516. The number of ketones is 1. The molecule has 2 amide bonds. The molecular formula is C32H27ClN2O4. The highest BCUT2D eigenvalue weighted by Gasteiger charge is 2.57. The topological polar surface area (TPSA) is 89.7 Å². The fraction of sp³-hybridized carbons (Fsp3) is 0.156. The molecule has 7 heteroatoms. The van der Waals surface area contributed by atoms with Crippen molar-refractivity contribution in [2.24, 2.45) is 11.7 Å². The number of methoxy groups -OCH3 is 1. The molecule has 4 unspecified atom stereocenters. The monoisotopic (exact) mass is 538 g/mol. The quantitative estimate of drug-likeness (QED) is 0.306. The molecule has 39 heavy (non-hydrogen) atoms. The van der Waals surface area contributed by atoms with Crippen molar-refractivity contribution < 1.29 is 19.1 Å². The maximum absolute atomic E-state index is 14.3. The van der Waals surface area contributed by atoms with E-state index in [4.69, 9.17) is 22.1 Å². The Bertz CT molecular complexity index is 1470. The van der Waals surface area contributed by atoms with E-state index in [1.54, 1.807) is 92.0 Å². The predicted molar refractivity (Wildman–Crippen MR) is 150 cm³/mol. The van der Waals surface area contributed by atoms with Gasteiger partial charge < -0.3 is 15.4 Å². The van der Waals surface area contributed by atoms with E-state index in [2.05, 4.69) is 0 Å². The Morgan fingerprint density at radius 3 is 1.82 bits per heavy atom. The number of nitrogens with zero attached hydrogens (tertiary/aromatic N) is 1. The molecule has 0 spiro atoms. The van der Waals surface area contributed by atoms with Crippen molar-refractivity contribution in [2.45, 2.75) is 18.0 Å². The minimum atomic E-state index is -1.09. The third kappa shape index (κ3) is 5.03. The molecule has 196 valence electrons. The number of carbonyl (C=O) groups excluding carboxylic acids is 3. The average Bonchev–Trinajstić information content (AvgIpc) is 3.34. The highest BCUT2D eigenvalue weighted by Crippen LogP contribution is 2.51. The zero-order valence-corrected chi connectivity index (χ0v) is 22.0. The molecule has 0 saturated carbocycles. The number of halogens is 1. The van der Waals surface area contributed by atoms with Gasteiger partial charge in [0.25, 0.3) is 5.91 Å². The normalized spacial score (nSPS) is 20.4. The standard InChI is InChI=1S/C32H27ClN2O4/c1-39-25-18-14-21(15-19-25)28-27(30(36)22-8-4-2-5-9-22)26(20-12-16-24(33)17-13-20)29(31(34)37)35(28)32(38)23-10-6-3-7-11-23/h2-19,26-29H,1H3,(H2,34,37). The van der Waals surface area contributed by atoms with Crippen LogP contribution in [-0.2, 0) is 4.79 Å². The lowest BCUT2D eigenvalue weighted by Crippen LogP contribution is -2.46. The second kappa shape index (κ2) is 11.1. The largest absolute Gasteiger partial charge is 0.497 e. The number of hydrogen-bond acceptors (Lipinski definition) is 4. The van der Waals surface area contributed by atoms with Crippen LogP contribution >= 0.6 is 11.6 Å². The molecule has 1 aliphatic rings. The van der Waals surface area contributed by atoms with Gasteiger partial charge in [0.1, 0.15) is 11.8 Å². The number of Topliss-reactive ketones (excluding diaryl/α,β-unsaturated/α-hetero) is 1. The lowest BCUT2D eigenvalue weighted by Gasteiger charge is -2.31. The summed E-state index contributed by atoms with van der Waals surface area (Å²) in [5.74, 6) is -2.17. The Balaban J connectivity index is 1.77. The average molecular weight is 539 g/mol. The maximum Gasteiger partial charge on any atom is 0.255 e. The Labute approximate surface area is 232 Å². The van der Waals surface area contributed by atoms with Gasteiger partial charge >= 0.3 is 0 Å². The molecular weight excluding hydrogens is 512 g/mol. The van der Waals surface area contributed by atoms with Gasteiger partial charge in [-0.25, -0.2) is 0 Å². The van der Waals surface area contributed by atoms with Crippen LogP contribution in [0.25, 0.3) is 0 Å². The molecule has 0 aromatic heterocycles. The van der Waals surface area contributed by atoms with Crippen molar-refractivity contribution in [3.8, 4) is 5.75 Å². The highest BCUT2D eigenvalue weighted by molar-refractivity contribution is 6.30. The maximum atomic E-state index is 14.3. The molecule has 1 fully saturated rings. The first-order valence-electron chi connectivity index (χ1n) is 12.6.